The summed E-state index contributed by atoms with van der Waals surface area (Å²) in [5, 5.41) is 0. The number of hydrogen-bond acceptors (Lipinski definition) is 0. The summed E-state index contributed by atoms with van der Waals surface area (Å²) in [6.45, 7) is 0. The summed E-state index contributed by atoms with van der Waals surface area (Å²) in [6, 6.07) is 10.4. The van der Waals surface area contributed by atoms with Crippen molar-refractivity contribution in [3.05, 3.63) is 71.0 Å². The van der Waals surface area contributed by atoms with E-state index < -0.39 is 17.6 Å². The minimum absolute atomic E-state index is 0.211. The lowest BCUT2D eigenvalue weighted by Gasteiger charge is -2.05. The summed E-state index contributed by atoms with van der Waals surface area (Å²) in [4.78, 5) is 0. The first-order valence-electron chi connectivity index (χ1n) is 5.40. The van der Waals surface area contributed by atoms with Gasteiger partial charge in [0.25, 0.3) is 0 Å². The molecule has 0 N–H and O–H groups in total. The van der Waals surface area contributed by atoms with E-state index in [1.807, 2.05) is 0 Å². The quantitative estimate of drug-likeness (QED) is 0.493. The molecule has 0 heterocycles. The summed E-state index contributed by atoms with van der Waals surface area (Å²) in [6.07, 6.45) is -4.36. The molecule has 0 aromatic heterocycles. The minimum Gasteiger partial charge on any atom is -0.206 e. The van der Waals surface area contributed by atoms with Crippen LogP contribution in [0.5, 0.6) is 0 Å². The standard InChI is InChI=1S/C15H8F4/c16-14-4-2-1-3-12(14)8-5-11-6-9-13(10-7-11)15(17,18)19/h1-4,6-7,9-10H. The molecule has 0 aliphatic rings. The lowest BCUT2D eigenvalue weighted by molar-refractivity contribution is -0.137. The van der Waals surface area contributed by atoms with E-state index in [-0.39, 0.29) is 5.56 Å². The predicted molar refractivity (Wildman–Crippen MR) is 63.8 cm³/mol. The zero-order valence-electron chi connectivity index (χ0n) is 9.63. The van der Waals surface area contributed by atoms with Gasteiger partial charge in [-0.2, -0.15) is 13.2 Å². The predicted octanol–water partition coefficient (Wildman–Crippen LogP) is 4.24. The summed E-state index contributed by atoms with van der Waals surface area (Å²) < 4.78 is 50.3. The van der Waals surface area contributed by atoms with Crippen molar-refractivity contribution in [3.8, 4) is 11.8 Å². The Hall–Kier alpha value is -2.28. The summed E-state index contributed by atoms with van der Waals surface area (Å²) in [7, 11) is 0. The molecule has 0 unspecified atom stereocenters. The van der Waals surface area contributed by atoms with E-state index in [9.17, 15) is 17.6 Å². The van der Waals surface area contributed by atoms with Crippen molar-refractivity contribution >= 4 is 0 Å². The van der Waals surface area contributed by atoms with Gasteiger partial charge in [0, 0.05) is 5.56 Å². The maximum Gasteiger partial charge on any atom is 0.416 e. The van der Waals surface area contributed by atoms with E-state index in [1.165, 1.54) is 24.3 Å². The Morgan fingerprint density at radius 2 is 1.42 bits per heavy atom. The molecule has 0 saturated carbocycles. The van der Waals surface area contributed by atoms with Gasteiger partial charge in [-0.3, -0.25) is 0 Å². The monoisotopic (exact) mass is 264 g/mol. The third-order valence-corrected chi connectivity index (χ3v) is 2.43. The van der Waals surface area contributed by atoms with Gasteiger partial charge >= 0.3 is 6.18 Å². The first kappa shape index (κ1) is 13.2. The first-order chi connectivity index (χ1) is 8.97. The fourth-order valence-corrected chi connectivity index (χ4v) is 1.44. The molecule has 0 amide bonds. The van der Waals surface area contributed by atoms with Gasteiger partial charge in [0.2, 0.25) is 0 Å². The highest BCUT2D eigenvalue weighted by atomic mass is 19.4. The summed E-state index contributed by atoms with van der Waals surface area (Å²) >= 11 is 0. The third kappa shape index (κ3) is 3.35. The molecular formula is C15H8F4. The van der Waals surface area contributed by atoms with Crippen molar-refractivity contribution in [3.63, 3.8) is 0 Å². The molecule has 0 spiro atoms. The molecular weight excluding hydrogens is 256 g/mol. The van der Waals surface area contributed by atoms with Gasteiger partial charge in [-0.1, -0.05) is 24.0 Å². The number of alkyl halides is 3. The highest BCUT2D eigenvalue weighted by Gasteiger charge is 2.29. The van der Waals surface area contributed by atoms with Gasteiger partial charge in [0.05, 0.1) is 11.1 Å². The van der Waals surface area contributed by atoms with Gasteiger partial charge in [-0.05, 0) is 36.4 Å². The topological polar surface area (TPSA) is 0 Å². The van der Waals surface area contributed by atoms with Crippen LogP contribution in [0, 0.1) is 17.7 Å². The van der Waals surface area contributed by atoms with Crippen LogP contribution in [-0.2, 0) is 6.18 Å². The average Bonchev–Trinajstić information content (AvgIpc) is 2.37. The summed E-state index contributed by atoms with van der Waals surface area (Å²) in [5.74, 6) is 4.75. The molecule has 0 atom stereocenters. The Kier molecular flexibility index (Phi) is 3.57. The smallest absolute Gasteiger partial charge is 0.206 e. The molecule has 0 saturated heterocycles. The lowest BCUT2D eigenvalue weighted by atomic mass is 10.1. The number of hydrogen-bond donors (Lipinski definition) is 0. The second-order valence-electron chi connectivity index (χ2n) is 3.80. The Balaban J connectivity index is 2.24. The molecule has 4 heteroatoms. The number of rotatable bonds is 0. The second kappa shape index (κ2) is 5.15. The van der Waals surface area contributed by atoms with Gasteiger partial charge in [0.15, 0.2) is 0 Å². The van der Waals surface area contributed by atoms with Crippen molar-refractivity contribution in [1.82, 2.24) is 0 Å². The van der Waals surface area contributed by atoms with Gasteiger partial charge < -0.3 is 0 Å². The van der Waals surface area contributed by atoms with E-state index in [2.05, 4.69) is 11.8 Å². The Labute approximate surface area is 107 Å². The van der Waals surface area contributed by atoms with E-state index in [4.69, 9.17) is 0 Å². The molecule has 0 bridgehead atoms. The molecule has 19 heavy (non-hydrogen) atoms. The van der Waals surface area contributed by atoms with Crippen LogP contribution in [-0.4, -0.2) is 0 Å². The third-order valence-electron chi connectivity index (χ3n) is 2.43. The first-order valence-corrected chi connectivity index (χ1v) is 5.40. The van der Waals surface area contributed by atoms with Crippen LogP contribution in [0.25, 0.3) is 0 Å². The Morgan fingerprint density at radius 1 is 0.789 bits per heavy atom. The van der Waals surface area contributed by atoms with Crippen molar-refractivity contribution in [1.29, 1.82) is 0 Å². The van der Waals surface area contributed by atoms with Crippen LogP contribution in [0.15, 0.2) is 48.5 Å². The van der Waals surface area contributed by atoms with Crippen LogP contribution in [0.4, 0.5) is 17.6 Å². The highest BCUT2D eigenvalue weighted by Crippen LogP contribution is 2.28. The Bertz CT molecular complexity index is 628. The normalized spacial score (nSPS) is 10.7. The van der Waals surface area contributed by atoms with E-state index >= 15 is 0 Å². The maximum absolute atomic E-state index is 13.3. The number of halogens is 4. The van der Waals surface area contributed by atoms with Crippen LogP contribution < -0.4 is 0 Å². The average molecular weight is 264 g/mol. The largest absolute Gasteiger partial charge is 0.416 e. The van der Waals surface area contributed by atoms with Gasteiger partial charge in [0.1, 0.15) is 5.82 Å². The van der Waals surface area contributed by atoms with Crippen molar-refractivity contribution in [2.24, 2.45) is 0 Å². The lowest BCUT2D eigenvalue weighted by Crippen LogP contribution is -2.04. The maximum atomic E-state index is 13.3. The molecule has 2 aromatic carbocycles. The zero-order chi connectivity index (χ0) is 13.9. The van der Waals surface area contributed by atoms with Gasteiger partial charge in [-0.25, -0.2) is 4.39 Å². The van der Waals surface area contributed by atoms with E-state index in [1.54, 1.807) is 12.1 Å². The molecule has 0 radical (unpaired) electrons. The minimum atomic E-state index is -4.36. The number of benzene rings is 2. The molecule has 0 aliphatic carbocycles. The van der Waals surface area contributed by atoms with E-state index in [0.717, 1.165) is 12.1 Å². The van der Waals surface area contributed by atoms with Crippen molar-refractivity contribution in [2.75, 3.05) is 0 Å². The van der Waals surface area contributed by atoms with Crippen LogP contribution in [0.3, 0.4) is 0 Å². The zero-order valence-corrected chi connectivity index (χ0v) is 9.63. The molecule has 0 fully saturated rings. The molecule has 0 nitrogen and oxygen atoms in total. The van der Waals surface area contributed by atoms with Crippen LogP contribution in [0.2, 0.25) is 0 Å². The highest BCUT2D eigenvalue weighted by molar-refractivity contribution is 5.44. The van der Waals surface area contributed by atoms with E-state index in [0.29, 0.717) is 5.56 Å². The van der Waals surface area contributed by atoms with Crippen LogP contribution >= 0.6 is 0 Å². The van der Waals surface area contributed by atoms with Crippen molar-refractivity contribution < 1.29 is 17.6 Å². The van der Waals surface area contributed by atoms with Gasteiger partial charge in [-0.15, -0.1) is 0 Å². The van der Waals surface area contributed by atoms with Crippen molar-refractivity contribution in [2.45, 2.75) is 6.18 Å². The second-order valence-corrected chi connectivity index (χ2v) is 3.80. The summed E-state index contributed by atoms with van der Waals surface area (Å²) in [5.41, 5.74) is -0.123. The Morgan fingerprint density at radius 3 is 2.00 bits per heavy atom. The molecule has 0 aliphatic heterocycles. The fraction of sp³-hybridized carbons (Fsp3) is 0.0667. The molecule has 96 valence electrons. The SMILES string of the molecule is Fc1ccccc1C#Cc1ccc(C(F)(F)F)cc1. The molecule has 2 rings (SSSR count). The van der Waals surface area contributed by atoms with Crippen LogP contribution in [0.1, 0.15) is 16.7 Å². The fourth-order valence-electron chi connectivity index (χ4n) is 1.44. The molecule has 2 aromatic rings.